The van der Waals surface area contributed by atoms with Crippen LogP contribution in [0.25, 0.3) is 0 Å². The Kier molecular flexibility index (Phi) is 7.13. The number of aryl methyl sites for hydroxylation is 2. The van der Waals surface area contributed by atoms with Crippen LogP contribution in [0.15, 0.2) is 33.8 Å². The van der Waals surface area contributed by atoms with E-state index in [1.165, 1.54) is 0 Å². The molecule has 0 bridgehead atoms. The highest BCUT2D eigenvalue weighted by Crippen LogP contribution is 2.06. The quantitative estimate of drug-likeness (QED) is 0.441. The van der Waals surface area contributed by atoms with Gasteiger partial charge in [-0.3, -0.25) is 9.79 Å². The van der Waals surface area contributed by atoms with Gasteiger partial charge in [0.25, 0.3) is 5.91 Å². The van der Waals surface area contributed by atoms with Gasteiger partial charge in [0.2, 0.25) is 5.89 Å². The zero-order chi connectivity index (χ0) is 18.9. The number of guanidine groups is 1. The summed E-state index contributed by atoms with van der Waals surface area (Å²) in [6.07, 6.45) is 1.59. The fourth-order valence-corrected chi connectivity index (χ4v) is 2.32. The maximum atomic E-state index is 11.9. The molecule has 0 saturated carbocycles. The highest BCUT2D eigenvalue weighted by atomic mass is 16.5. The van der Waals surface area contributed by atoms with Crippen molar-refractivity contribution in [3.63, 3.8) is 0 Å². The van der Waals surface area contributed by atoms with Crippen LogP contribution >= 0.6 is 0 Å². The van der Waals surface area contributed by atoms with Crippen LogP contribution in [-0.4, -0.2) is 54.6 Å². The van der Waals surface area contributed by atoms with Gasteiger partial charge in [-0.1, -0.05) is 17.3 Å². The number of hydrogen-bond donors (Lipinski definition) is 2. The molecule has 0 unspecified atom stereocenters. The molecule has 0 aliphatic carbocycles. The first-order valence-corrected chi connectivity index (χ1v) is 8.54. The Morgan fingerprint density at radius 2 is 1.96 bits per heavy atom. The molecule has 8 nitrogen and oxygen atoms in total. The highest BCUT2D eigenvalue weighted by Gasteiger charge is 2.07. The van der Waals surface area contributed by atoms with Crippen molar-refractivity contribution in [1.82, 2.24) is 25.7 Å². The lowest BCUT2D eigenvalue weighted by Gasteiger charge is -2.13. The van der Waals surface area contributed by atoms with Gasteiger partial charge in [0, 0.05) is 46.2 Å². The first kappa shape index (κ1) is 19.4. The van der Waals surface area contributed by atoms with E-state index in [2.05, 4.69) is 25.8 Å². The third-order valence-corrected chi connectivity index (χ3v) is 3.72. The lowest BCUT2D eigenvalue weighted by Crippen LogP contribution is -2.37. The van der Waals surface area contributed by atoms with Crippen LogP contribution in [0.4, 0.5) is 0 Å². The number of hydrogen-bond acceptors (Lipinski definition) is 5. The zero-order valence-electron chi connectivity index (χ0n) is 15.7. The number of amides is 1. The standard InChI is InChI=1S/C18H26N6O2/c1-13-22-16(26-23-13)6-5-11-20-18(19-2)21-12-14-7-9-15(10-8-14)17(25)24(3)4/h7-10H,5-6,11-12H2,1-4H3,(H2,19,20,21). The Hall–Kier alpha value is -2.90. The van der Waals surface area contributed by atoms with Crippen molar-refractivity contribution in [3.05, 3.63) is 47.1 Å². The fourth-order valence-electron chi connectivity index (χ4n) is 2.32. The summed E-state index contributed by atoms with van der Waals surface area (Å²) >= 11 is 0. The Labute approximate surface area is 153 Å². The average Bonchev–Trinajstić information content (AvgIpc) is 3.06. The molecule has 1 aromatic heterocycles. The van der Waals surface area contributed by atoms with Crippen LogP contribution in [0.2, 0.25) is 0 Å². The first-order chi connectivity index (χ1) is 12.5. The Bertz CT molecular complexity index is 736. The number of carbonyl (C=O) groups is 1. The minimum Gasteiger partial charge on any atom is -0.356 e. The highest BCUT2D eigenvalue weighted by molar-refractivity contribution is 5.93. The summed E-state index contributed by atoms with van der Waals surface area (Å²) in [5, 5.41) is 10.3. The number of aliphatic imine (C=N–C) groups is 1. The number of nitrogens with zero attached hydrogens (tertiary/aromatic N) is 4. The van der Waals surface area contributed by atoms with Gasteiger partial charge < -0.3 is 20.1 Å². The van der Waals surface area contributed by atoms with Gasteiger partial charge in [-0.25, -0.2) is 0 Å². The van der Waals surface area contributed by atoms with Gasteiger partial charge in [-0.2, -0.15) is 4.98 Å². The van der Waals surface area contributed by atoms with Crippen molar-refractivity contribution in [2.24, 2.45) is 4.99 Å². The SMILES string of the molecule is CN=C(NCCCc1nc(C)no1)NCc1ccc(C(=O)N(C)C)cc1. The van der Waals surface area contributed by atoms with Crippen LogP contribution < -0.4 is 10.6 Å². The first-order valence-electron chi connectivity index (χ1n) is 8.54. The summed E-state index contributed by atoms with van der Waals surface area (Å²) in [4.78, 5) is 21.8. The monoisotopic (exact) mass is 358 g/mol. The van der Waals surface area contributed by atoms with Crippen molar-refractivity contribution >= 4 is 11.9 Å². The largest absolute Gasteiger partial charge is 0.356 e. The number of carbonyl (C=O) groups excluding carboxylic acids is 1. The maximum absolute atomic E-state index is 11.9. The van der Waals surface area contributed by atoms with Gasteiger partial charge >= 0.3 is 0 Å². The molecule has 1 amide bonds. The van der Waals surface area contributed by atoms with E-state index in [1.807, 2.05) is 24.3 Å². The van der Waals surface area contributed by atoms with Gasteiger partial charge in [-0.05, 0) is 31.0 Å². The van der Waals surface area contributed by atoms with E-state index in [4.69, 9.17) is 4.52 Å². The molecular weight excluding hydrogens is 332 g/mol. The minimum atomic E-state index is -0.00146. The number of aromatic nitrogens is 2. The molecule has 2 N–H and O–H groups in total. The summed E-state index contributed by atoms with van der Waals surface area (Å²) in [6, 6.07) is 7.55. The summed E-state index contributed by atoms with van der Waals surface area (Å²) in [7, 11) is 5.22. The topological polar surface area (TPSA) is 95.6 Å². The minimum absolute atomic E-state index is 0.00146. The van der Waals surface area contributed by atoms with E-state index in [1.54, 1.807) is 33.0 Å². The molecule has 0 atom stereocenters. The van der Waals surface area contributed by atoms with E-state index in [-0.39, 0.29) is 5.91 Å². The molecule has 26 heavy (non-hydrogen) atoms. The zero-order valence-corrected chi connectivity index (χ0v) is 15.7. The van der Waals surface area contributed by atoms with Crippen molar-refractivity contribution in [2.45, 2.75) is 26.3 Å². The second kappa shape index (κ2) is 9.55. The number of rotatable bonds is 7. The molecule has 0 aliphatic heterocycles. The van der Waals surface area contributed by atoms with Gasteiger partial charge in [0.05, 0.1) is 0 Å². The molecule has 140 valence electrons. The molecular formula is C18H26N6O2. The maximum Gasteiger partial charge on any atom is 0.253 e. The Morgan fingerprint density at radius 1 is 1.23 bits per heavy atom. The predicted molar refractivity (Wildman–Crippen MR) is 100 cm³/mol. The molecule has 1 aromatic carbocycles. The van der Waals surface area contributed by atoms with Crippen molar-refractivity contribution in [2.75, 3.05) is 27.7 Å². The van der Waals surface area contributed by atoms with E-state index in [0.29, 0.717) is 23.8 Å². The molecule has 0 spiro atoms. The average molecular weight is 358 g/mol. The van der Waals surface area contributed by atoms with Crippen molar-refractivity contribution < 1.29 is 9.32 Å². The van der Waals surface area contributed by atoms with E-state index in [9.17, 15) is 4.79 Å². The molecule has 0 fully saturated rings. The Balaban J connectivity index is 1.73. The lowest BCUT2D eigenvalue weighted by molar-refractivity contribution is 0.0827. The summed E-state index contributed by atoms with van der Waals surface area (Å²) in [5.41, 5.74) is 1.75. The Morgan fingerprint density at radius 3 is 2.54 bits per heavy atom. The summed E-state index contributed by atoms with van der Waals surface area (Å²) in [5.74, 6) is 2.03. The van der Waals surface area contributed by atoms with Gasteiger partial charge in [0.15, 0.2) is 11.8 Å². The van der Waals surface area contributed by atoms with Crippen LogP contribution in [-0.2, 0) is 13.0 Å². The van der Waals surface area contributed by atoms with Gasteiger partial charge in [0.1, 0.15) is 0 Å². The van der Waals surface area contributed by atoms with Crippen molar-refractivity contribution in [3.8, 4) is 0 Å². The fraction of sp³-hybridized carbons (Fsp3) is 0.444. The molecule has 0 radical (unpaired) electrons. The third-order valence-electron chi connectivity index (χ3n) is 3.72. The molecule has 1 heterocycles. The molecule has 8 heteroatoms. The smallest absolute Gasteiger partial charge is 0.253 e. The molecule has 2 rings (SSSR count). The van der Waals surface area contributed by atoms with E-state index in [0.717, 1.165) is 30.9 Å². The normalized spacial score (nSPS) is 11.3. The van der Waals surface area contributed by atoms with Crippen LogP contribution in [0.1, 0.15) is 34.1 Å². The molecule has 0 saturated heterocycles. The predicted octanol–water partition coefficient (Wildman–Crippen LogP) is 1.38. The van der Waals surface area contributed by atoms with E-state index < -0.39 is 0 Å². The van der Waals surface area contributed by atoms with E-state index >= 15 is 0 Å². The number of benzene rings is 1. The third kappa shape index (κ3) is 5.87. The summed E-state index contributed by atoms with van der Waals surface area (Å²) in [6.45, 7) is 3.18. The molecule has 2 aromatic rings. The number of nitrogens with one attached hydrogen (secondary N) is 2. The second-order valence-corrected chi connectivity index (χ2v) is 6.09. The second-order valence-electron chi connectivity index (χ2n) is 6.09. The van der Waals surface area contributed by atoms with Crippen LogP contribution in [0.3, 0.4) is 0 Å². The van der Waals surface area contributed by atoms with Crippen LogP contribution in [0.5, 0.6) is 0 Å². The molecule has 0 aliphatic rings. The lowest BCUT2D eigenvalue weighted by atomic mass is 10.1. The van der Waals surface area contributed by atoms with Gasteiger partial charge in [-0.15, -0.1) is 0 Å². The summed E-state index contributed by atoms with van der Waals surface area (Å²) < 4.78 is 5.08. The van der Waals surface area contributed by atoms with Crippen molar-refractivity contribution in [1.29, 1.82) is 0 Å². The van der Waals surface area contributed by atoms with Crippen LogP contribution in [0, 0.1) is 6.92 Å².